The zero-order valence-corrected chi connectivity index (χ0v) is 11.9. The quantitative estimate of drug-likeness (QED) is 0.906. The molecular formula is C15H18N4O. The zero-order valence-electron chi connectivity index (χ0n) is 11.9. The molecule has 2 rings (SSSR count). The maximum atomic E-state index is 9.39. The Morgan fingerprint density at radius 2 is 2.00 bits per heavy atom. The molecule has 0 aliphatic carbocycles. The molecule has 5 nitrogen and oxygen atoms in total. The van der Waals surface area contributed by atoms with Gasteiger partial charge in [0, 0.05) is 11.7 Å². The van der Waals surface area contributed by atoms with Crippen LogP contribution in [0.15, 0.2) is 36.8 Å². The highest BCUT2D eigenvalue weighted by Crippen LogP contribution is 2.23. The molecule has 1 heterocycles. The third-order valence-electron chi connectivity index (χ3n) is 3.08. The number of ether oxygens (including phenoxy) is 1. The van der Waals surface area contributed by atoms with Crippen molar-refractivity contribution in [2.75, 3.05) is 12.4 Å². The molecule has 0 radical (unpaired) electrons. The Bertz CT molecular complexity index is 595. The highest BCUT2D eigenvalue weighted by Gasteiger charge is 2.16. The molecule has 0 spiro atoms. The smallest absolute Gasteiger partial charge is 0.156 e. The SMILES string of the molecule is COc1ccc(NC(C#N)c2cncn2C(C)C)cc1. The average molecular weight is 270 g/mol. The van der Waals surface area contributed by atoms with E-state index < -0.39 is 6.04 Å². The first-order valence-corrected chi connectivity index (χ1v) is 6.47. The topological polar surface area (TPSA) is 62.9 Å². The molecule has 1 atom stereocenters. The molecule has 1 aromatic heterocycles. The van der Waals surface area contributed by atoms with Crippen molar-refractivity contribution in [1.29, 1.82) is 5.26 Å². The molecule has 0 saturated heterocycles. The van der Waals surface area contributed by atoms with Crippen LogP contribution in [-0.4, -0.2) is 16.7 Å². The van der Waals surface area contributed by atoms with E-state index in [0.717, 1.165) is 17.1 Å². The first-order valence-electron chi connectivity index (χ1n) is 6.47. The van der Waals surface area contributed by atoms with Crippen LogP contribution >= 0.6 is 0 Å². The lowest BCUT2D eigenvalue weighted by molar-refractivity contribution is 0.415. The molecule has 0 bridgehead atoms. The number of imidazole rings is 1. The number of benzene rings is 1. The molecular weight excluding hydrogens is 252 g/mol. The average Bonchev–Trinajstić information content (AvgIpc) is 2.95. The minimum Gasteiger partial charge on any atom is -0.497 e. The maximum Gasteiger partial charge on any atom is 0.156 e. The number of rotatable bonds is 5. The Labute approximate surface area is 118 Å². The Morgan fingerprint density at radius 1 is 1.30 bits per heavy atom. The van der Waals surface area contributed by atoms with E-state index >= 15 is 0 Å². The van der Waals surface area contributed by atoms with Gasteiger partial charge < -0.3 is 14.6 Å². The Morgan fingerprint density at radius 3 is 2.55 bits per heavy atom. The molecule has 0 fully saturated rings. The van der Waals surface area contributed by atoms with Crippen molar-refractivity contribution in [2.24, 2.45) is 0 Å². The summed E-state index contributed by atoms with van der Waals surface area (Å²) in [5, 5.41) is 12.6. The Balaban J connectivity index is 2.20. The van der Waals surface area contributed by atoms with E-state index in [0.29, 0.717) is 0 Å². The van der Waals surface area contributed by atoms with Crippen molar-refractivity contribution in [1.82, 2.24) is 9.55 Å². The summed E-state index contributed by atoms with van der Waals surface area (Å²) in [4.78, 5) is 4.13. The molecule has 5 heteroatoms. The van der Waals surface area contributed by atoms with Crippen molar-refractivity contribution in [3.63, 3.8) is 0 Å². The number of methoxy groups -OCH3 is 1. The molecule has 2 aromatic rings. The van der Waals surface area contributed by atoms with E-state index in [4.69, 9.17) is 4.74 Å². The lowest BCUT2D eigenvalue weighted by atomic mass is 10.2. The number of nitrogens with one attached hydrogen (secondary N) is 1. The first-order chi connectivity index (χ1) is 9.65. The van der Waals surface area contributed by atoms with Gasteiger partial charge in [0.15, 0.2) is 6.04 Å². The first kappa shape index (κ1) is 13.9. The predicted molar refractivity (Wildman–Crippen MR) is 77.6 cm³/mol. The lowest BCUT2D eigenvalue weighted by Gasteiger charge is -2.17. The van der Waals surface area contributed by atoms with Crippen LogP contribution in [-0.2, 0) is 0 Å². The van der Waals surface area contributed by atoms with Gasteiger partial charge in [-0.25, -0.2) is 4.98 Å². The van der Waals surface area contributed by atoms with Crippen LogP contribution in [0.4, 0.5) is 5.69 Å². The van der Waals surface area contributed by atoms with E-state index in [1.165, 1.54) is 0 Å². The number of aromatic nitrogens is 2. The molecule has 0 aliphatic heterocycles. The summed E-state index contributed by atoms with van der Waals surface area (Å²) in [7, 11) is 1.63. The summed E-state index contributed by atoms with van der Waals surface area (Å²) in [6.07, 6.45) is 3.48. The number of nitrogens with zero attached hydrogens (tertiary/aromatic N) is 3. The highest BCUT2D eigenvalue weighted by molar-refractivity contribution is 5.49. The van der Waals surface area contributed by atoms with E-state index in [1.54, 1.807) is 19.6 Å². The molecule has 1 unspecified atom stereocenters. The summed E-state index contributed by atoms with van der Waals surface area (Å²) < 4.78 is 7.11. The fourth-order valence-electron chi connectivity index (χ4n) is 2.00. The summed E-state index contributed by atoms with van der Waals surface area (Å²) in [6, 6.07) is 9.59. The van der Waals surface area contributed by atoms with Gasteiger partial charge in [-0.3, -0.25) is 0 Å². The third kappa shape index (κ3) is 2.91. The van der Waals surface area contributed by atoms with Crippen molar-refractivity contribution in [3.05, 3.63) is 42.5 Å². The van der Waals surface area contributed by atoms with Crippen LogP contribution < -0.4 is 10.1 Å². The van der Waals surface area contributed by atoms with E-state index in [-0.39, 0.29) is 6.04 Å². The van der Waals surface area contributed by atoms with Crippen molar-refractivity contribution < 1.29 is 4.74 Å². The number of nitriles is 1. The maximum absolute atomic E-state index is 9.39. The van der Waals surface area contributed by atoms with Crippen LogP contribution in [0.1, 0.15) is 31.6 Å². The van der Waals surface area contributed by atoms with Crippen LogP contribution in [0.25, 0.3) is 0 Å². The van der Waals surface area contributed by atoms with Gasteiger partial charge in [-0.15, -0.1) is 0 Å². The van der Waals surface area contributed by atoms with Gasteiger partial charge in [-0.05, 0) is 38.1 Å². The predicted octanol–water partition coefficient (Wildman–Crippen LogP) is 3.15. The molecule has 1 aromatic carbocycles. The molecule has 0 amide bonds. The van der Waals surface area contributed by atoms with Crippen LogP contribution in [0.3, 0.4) is 0 Å². The minimum absolute atomic E-state index is 0.265. The molecule has 0 aliphatic rings. The van der Waals surface area contributed by atoms with Gasteiger partial charge >= 0.3 is 0 Å². The third-order valence-corrected chi connectivity index (χ3v) is 3.08. The molecule has 104 valence electrons. The second-order valence-corrected chi connectivity index (χ2v) is 4.75. The van der Waals surface area contributed by atoms with Crippen LogP contribution in [0.5, 0.6) is 5.75 Å². The summed E-state index contributed by atoms with van der Waals surface area (Å²) in [5.74, 6) is 0.788. The fourth-order valence-corrected chi connectivity index (χ4v) is 2.00. The summed E-state index contributed by atoms with van der Waals surface area (Å²) in [6.45, 7) is 4.12. The standard InChI is InChI=1S/C15H18N4O/c1-11(2)19-10-17-9-15(19)14(8-16)18-12-4-6-13(20-3)7-5-12/h4-7,9-11,14,18H,1-3H3. The van der Waals surface area contributed by atoms with Gasteiger partial charge in [-0.1, -0.05) is 0 Å². The normalized spacial score (nSPS) is 11.9. The second kappa shape index (κ2) is 6.11. The number of hydrogen-bond donors (Lipinski definition) is 1. The van der Waals surface area contributed by atoms with Gasteiger partial charge in [-0.2, -0.15) is 5.26 Å². The second-order valence-electron chi connectivity index (χ2n) is 4.75. The summed E-state index contributed by atoms with van der Waals surface area (Å²) in [5.41, 5.74) is 1.73. The minimum atomic E-state index is -0.437. The Kier molecular flexibility index (Phi) is 4.26. The van der Waals surface area contributed by atoms with Crippen LogP contribution in [0, 0.1) is 11.3 Å². The number of anilines is 1. The molecule has 0 saturated carbocycles. The van der Waals surface area contributed by atoms with Gasteiger partial charge in [0.25, 0.3) is 0 Å². The van der Waals surface area contributed by atoms with E-state index in [2.05, 4.69) is 30.2 Å². The monoisotopic (exact) mass is 270 g/mol. The van der Waals surface area contributed by atoms with Crippen molar-refractivity contribution in [2.45, 2.75) is 25.9 Å². The van der Waals surface area contributed by atoms with Gasteiger partial charge in [0.2, 0.25) is 0 Å². The van der Waals surface area contributed by atoms with Crippen molar-refractivity contribution in [3.8, 4) is 11.8 Å². The Hall–Kier alpha value is -2.48. The van der Waals surface area contributed by atoms with Gasteiger partial charge in [0.05, 0.1) is 31.4 Å². The van der Waals surface area contributed by atoms with E-state index in [9.17, 15) is 5.26 Å². The zero-order chi connectivity index (χ0) is 14.5. The molecule has 1 N–H and O–H groups in total. The fraction of sp³-hybridized carbons (Fsp3) is 0.333. The van der Waals surface area contributed by atoms with Gasteiger partial charge in [0.1, 0.15) is 5.75 Å². The highest BCUT2D eigenvalue weighted by atomic mass is 16.5. The lowest BCUT2D eigenvalue weighted by Crippen LogP contribution is -2.14. The molecule has 20 heavy (non-hydrogen) atoms. The van der Waals surface area contributed by atoms with Crippen LogP contribution in [0.2, 0.25) is 0 Å². The number of hydrogen-bond acceptors (Lipinski definition) is 4. The van der Waals surface area contributed by atoms with Crippen molar-refractivity contribution >= 4 is 5.69 Å². The summed E-state index contributed by atoms with van der Waals surface area (Å²) >= 11 is 0. The largest absolute Gasteiger partial charge is 0.497 e. The van der Waals surface area contributed by atoms with E-state index in [1.807, 2.05) is 28.8 Å².